The molecule has 0 spiro atoms. The minimum absolute atomic E-state index is 0.00395. The van der Waals surface area contributed by atoms with Crippen molar-refractivity contribution in [2.75, 3.05) is 52.8 Å². The van der Waals surface area contributed by atoms with Crippen molar-refractivity contribution in [3.63, 3.8) is 0 Å². The molecule has 14 nitrogen and oxygen atoms in total. The topological polar surface area (TPSA) is 203 Å². The molecule has 3 aliphatic heterocycles. The number of rotatable bonds is 6. The third kappa shape index (κ3) is 13.8. The summed E-state index contributed by atoms with van der Waals surface area (Å²) in [7, 11) is 5.16. The van der Waals surface area contributed by atoms with Gasteiger partial charge < -0.3 is 45.4 Å². The van der Waals surface area contributed by atoms with Crippen molar-refractivity contribution in [2.24, 2.45) is 39.6 Å². The number of aromatic hydroxyl groups is 2. The number of aliphatic hydroxyl groups excluding tert-OH is 2. The summed E-state index contributed by atoms with van der Waals surface area (Å²) >= 11 is 0. The fraction of sp³-hybridized carbons (Fsp3) is 0.620. The zero-order chi connectivity index (χ0) is 49.2. The minimum Gasteiger partial charge on any atom is -0.507 e. The molecule has 14 heteroatoms. The number of hydrogen-bond donors (Lipinski definition) is 6. The van der Waals surface area contributed by atoms with Crippen LogP contribution in [-0.4, -0.2) is 108 Å². The van der Waals surface area contributed by atoms with E-state index in [1.807, 2.05) is 54.7 Å². The standard InChI is InChI=1S/C37H47N3O8.C8H20N2.C2H6.C2H2.CH4O/c1-17-11-9-12-19(3)36(46)40-29-28-27(38-16-39-28)24-25(32(29)44)31(43)22(6)34-26(24)35(45)37(8,48-34)14-10-13-18(2)33(47-23(7)41)21(5)30(42)20(4)15-17;1-5-10(4)7-8(2)6-9-3;3*1-2/h9,11-12,17-18,20-21,30,33,42-44H,10,13-16H2,1-8H3,(H,40,46);8-9H,5-7H2,1-4H3;1-2H3;1-2H;2H,1H3/b11-9+,19-12-;;;;/t17-,18+,20+,21+,30+,33+,37+;8-;;;/m01.../s1. The van der Waals surface area contributed by atoms with Gasteiger partial charge in [-0.05, 0) is 97.3 Å². The van der Waals surface area contributed by atoms with Gasteiger partial charge in [-0.3, -0.25) is 24.4 Å². The van der Waals surface area contributed by atoms with Crippen LogP contribution in [-0.2, 0) is 14.3 Å². The number of nitrogens with zero attached hydrogens (tertiary/aromatic N) is 3. The molecular weight excluding hydrogens is 815 g/mol. The van der Waals surface area contributed by atoms with E-state index in [1.54, 1.807) is 32.9 Å². The Morgan fingerprint density at radius 1 is 1.06 bits per heavy atom. The van der Waals surface area contributed by atoms with Crippen LogP contribution in [0.4, 0.5) is 5.69 Å². The lowest BCUT2D eigenvalue weighted by molar-refractivity contribution is -0.156. The number of nitrogens with one attached hydrogen (secondary N) is 2. The van der Waals surface area contributed by atoms with Gasteiger partial charge in [-0.25, -0.2) is 0 Å². The highest BCUT2D eigenvalue weighted by Crippen LogP contribution is 2.50. The van der Waals surface area contributed by atoms with E-state index in [2.05, 4.69) is 59.3 Å². The van der Waals surface area contributed by atoms with Crippen LogP contribution in [0.2, 0.25) is 0 Å². The third-order valence-electron chi connectivity index (χ3n) is 12.0. The SMILES string of the molecule is C#C.CC.CC(=O)O[C@H]1[C@H](C)[C@H](O)[C@H](C)C[C@@H](C)/C=C/C=C(/C)C(=O)Nc2c(O)c3c(O)c(C)c4c(c3c3c2=NCN=3)C(=O)[C@@](C)(CCC[C@H]1C)O4.CCN(C)C[C@H](C)CNC.CO. The number of carbonyl (C=O) groups is 3. The van der Waals surface area contributed by atoms with Crippen LogP contribution in [0.5, 0.6) is 17.2 Å². The molecule has 0 radical (unpaired) electrons. The summed E-state index contributed by atoms with van der Waals surface area (Å²) in [5.74, 6) is -1.46. The molecule has 5 rings (SSSR count). The number of allylic oxidation sites excluding steroid dienone is 3. The van der Waals surface area contributed by atoms with Crippen LogP contribution < -0.4 is 26.1 Å². The van der Waals surface area contributed by atoms with E-state index >= 15 is 0 Å². The van der Waals surface area contributed by atoms with E-state index in [4.69, 9.17) is 14.6 Å². The molecule has 3 heterocycles. The molecule has 0 aromatic heterocycles. The lowest BCUT2D eigenvalue weighted by atomic mass is 9.79. The average molecular weight is 894 g/mol. The Morgan fingerprint density at radius 2 is 1.67 bits per heavy atom. The fourth-order valence-electron chi connectivity index (χ4n) is 8.56. The van der Waals surface area contributed by atoms with Crippen LogP contribution >= 0.6 is 0 Å². The first-order valence-corrected chi connectivity index (χ1v) is 22.6. The Kier molecular flexibility index (Phi) is 24.0. The van der Waals surface area contributed by atoms with Crippen LogP contribution in [0.1, 0.15) is 118 Å². The number of esters is 1. The maximum atomic E-state index is 14.3. The summed E-state index contributed by atoms with van der Waals surface area (Å²) in [6.07, 6.45) is 14.2. The Balaban J connectivity index is 0.00000111. The first-order valence-electron chi connectivity index (χ1n) is 22.6. The van der Waals surface area contributed by atoms with Gasteiger partial charge in [-0.1, -0.05) is 73.6 Å². The van der Waals surface area contributed by atoms with Gasteiger partial charge in [0.1, 0.15) is 35.3 Å². The number of ketones is 1. The van der Waals surface area contributed by atoms with Gasteiger partial charge in [0.25, 0.3) is 5.91 Å². The summed E-state index contributed by atoms with van der Waals surface area (Å²) in [5, 5.41) is 48.0. The van der Waals surface area contributed by atoms with Gasteiger partial charge >= 0.3 is 5.97 Å². The van der Waals surface area contributed by atoms with E-state index in [9.17, 15) is 29.7 Å². The van der Waals surface area contributed by atoms with Gasteiger partial charge in [0, 0.05) is 43.0 Å². The van der Waals surface area contributed by atoms with E-state index in [0.29, 0.717) is 36.6 Å². The number of phenols is 2. The molecule has 2 aromatic carbocycles. The number of anilines is 1. The molecule has 0 saturated heterocycles. The number of fused-ring (bicyclic) bond motifs is 1. The number of phenolic OH excluding ortho intramolecular Hbond substituents is 2. The third-order valence-corrected chi connectivity index (χ3v) is 12.0. The monoisotopic (exact) mass is 894 g/mol. The number of aliphatic hydroxyl groups is 2. The van der Waals surface area contributed by atoms with Crippen molar-refractivity contribution >= 4 is 34.1 Å². The predicted molar refractivity (Wildman–Crippen MR) is 256 cm³/mol. The summed E-state index contributed by atoms with van der Waals surface area (Å²) in [4.78, 5) is 51.1. The molecule has 1 amide bonds. The number of ether oxygens (including phenoxy) is 2. The fourth-order valence-corrected chi connectivity index (χ4v) is 8.56. The second kappa shape index (κ2) is 26.9. The number of amides is 1. The lowest BCUT2D eigenvalue weighted by Gasteiger charge is -2.35. The largest absolute Gasteiger partial charge is 0.507 e. The molecule has 6 N–H and O–H groups in total. The van der Waals surface area contributed by atoms with Crippen LogP contribution in [0.15, 0.2) is 33.8 Å². The van der Waals surface area contributed by atoms with Crippen molar-refractivity contribution < 1.29 is 44.3 Å². The molecule has 64 heavy (non-hydrogen) atoms. The van der Waals surface area contributed by atoms with E-state index in [1.165, 1.54) is 13.5 Å². The first-order chi connectivity index (χ1) is 30.3. The van der Waals surface area contributed by atoms with Crippen molar-refractivity contribution in [3.05, 3.63) is 45.6 Å². The molecule has 0 fully saturated rings. The zero-order valence-electron chi connectivity index (χ0n) is 41.3. The number of hydrogen-bond acceptors (Lipinski definition) is 13. The van der Waals surface area contributed by atoms with Crippen LogP contribution in [0, 0.1) is 49.4 Å². The maximum Gasteiger partial charge on any atom is 0.302 e. The van der Waals surface area contributed by atoms with Crippen molar-refractivity contribution in [3.8, 4) is 30.1 Å². The lowest BCUT2D eigenvalue weighted by Crippen LogP contribution is -2.41. The molecule has 0 saturated carbocycles. The Labute approximate surface area is 382 Å². The van der Waals surface area contributed by atoms with E-state index in [0.717, 1.165) is 26.1 Å². The number of Topliss-reactive ketones (excluding diaryl/α,β-unsaturated/α-hetero) is 1. The molecule has 8 atom stereocenters. The Morgan fingerprint density at radius 3 is 2.25 bits per heavy atom. The molecular formula is C50H79N5O9. The number of benzene rings is 2. The van der Waals surface area contributed by atoms with Gasteiger partial charge in [-0.2, -0.15) is 0 Å². The van der Waals surface area contributed by atoms with Crippen molar-refractivity contribution in [1.29, 1.82) is 0 Å². The van der Waals surface area contributed by atoms with E-state index in [-0.39, 0.29) is 80.6 Å². The first kappa shape index (κ1) is 57.2. The predicted octanol–water partition coefficient (Wildman–Crippen LogP) is 6.63. The van der Waals surface area contributed by atoms with Gasteiger partial charge in [0.2, 0.25) is 5.78 Å². The minimum atomic E-state index is -1.28. The maximum absolute atomic E-state index is 14.3. The highest BCUT2D eigenvalue weighted by Gasteiger charge is 2.47. The van der Waals surface area contributed by atoms with E-state index < -0.39 is 35.4 Å². The highest BCUT2D eigenvalue weighted by molar-refractivity contribution is 6.20. The summed E-state index contributed by atoms with van der Waals surface area (Å²) in [6, 6.07) is 0. The second-order valence-electron chi connectivity index (χ2n) is 17.2. The summed E-state index contributed by atoms with van der Waals surface area (Å²) < 4.78 is 12.2. The van der Waals surface area contributed by atoms with Crippen molar-refractivity contribution in [1.82, 2.24) is 10.2 Å². The smallest absolute Gasteiger partial charge is 0.302 e. The summed E-state index contributed by atoms with van der Waals surface area (Å²) in [5.41, 5.74) is -0.437. The van der Waals surface area contributed by atoms with Gasteiger partial charge in [0.15, 0.2) is 11.4 Å². The molecule has 3 aliphatic rings. The Bertz CT molecular complexity index is 2100. The summed E-state index contributed by atoms with van der Waals surface area (Å²) in [6.45, 7) is 26.1. The second-order valence-corrected chi connectivity index (χ2v) is 17.2. The molecule has 2 aromatic rings. The number of terminal acetylenes is 1. The van der Waals surface area contributed by atoms with Crippen LogP contribution in [0.3, 0.4) is 0 Å². The average Bonchev–Trinajstić information content (AvgIpc) is 3.86. The quantitative estimate of drug-likeness (QED) is 0.103. The van der Waals surface area contributed by atoms with Crippen LogP contribution in [0.25, 0.3) is 10.8 Å². The molecule has 358 valence electrons. The molecule has 0 aliphatic carbocycles. The van der Waals surface area contributed by atoms with Crippen molar-refractivity contribution in [2.45, 2.75) is 127 Å². The van der Waals surface area contributed by atoms with Gasteiger partial charge in [-0.15, -0.1) is 12.8 Å². The zero-order valence-corrected chi connectivity index (χ0v) is 41.3. The molecule has 0 unspecified atom stereocenters. The molecule has 4 bridgehead atoms. The highest BCUT2D eigenvalue weighted by atomic mass is 16.5. The normalized spacial score (nSPS) is 26.0. The Hall–Kier alpha value is -4.81. The number of carbonyl (C=O) groups excluding carboxylic acids is 3. The van der Waals surface area contributed by atoms with Gasteiger partial charge in [0.05, 0.1) is 22.4 Å².